The highest BCUT2D eigenvalue weighted by atomic mass is 35.5. The first-order valence-corrected chi connectivity index (χ1v) is 9.03. The van der Waals surface area contributed by atoms with Crippen LogP contribution in [0.25, 0.3) is 22.2 Å². The van der Waals surface area contributed by atoms with E-state index in [0.717, 1.165) is 5.39 Å². The van der Waals surface area contributed by atoms with Gasteiger partial charge in [-0.15, -0.1) is 0 Å². The maximum absolute atomic E-state index is 13.1. The minimum Gasteiger partial charge on any atom is -0.478 e. The third-order valence-electron chi connectivity index (χ3n) is 4.37. The van der Waals surface area contributed by atoms with Crippen molar-refractivity contribution in [3.8, 4) is 11.3 Å². The summed E-state index contributed by atoms with van der Waals surface area (Å²) in [5.74, 6) is -1.41. The van der Waals surface area contributed by atoms with Gasteiger partial charge in [0.25, 0.3) is 5.91 Å². The summed E-state index contributed by atoms with van der Waals surface area (Å²) < 4.78 is 1.29. The zero-order valence-electron chi connectivity index (χ0n) is 14.3. The summed E-state index contributed by atoms with van der Waals surface area (Å²) >= 11 is 12.3. The van der Waals surface area contributed by atoms with E-state index in [0.29, 0.717) is 16.8 Å². The Balaban J connectivity index is 1.88. The zero-order valence-corrected chi connectivity index (χ0v) is 15.8. The van der Waals surface area contributed by atoms with Crippen LogP contribution in [0.15, 0.2) is 66.7 Å². The van der Waals surface area contributed by atoms with E-state index in [4.69, 9.17) is 28.3 Å². The molecule has 0 bridgehead atoms. The molecule has 3 aromatic carbocycles. The van der Waals surface area contributed by atoms with E-state index >= 15 is 0 Å². The number of fused-ring (bicyclic) bond motifs is 1. The van der Waals surface area contributed by atoms with E-state index in [2.05, 4.69) is 5.10 Å². The number of benzene rings is 3. The molecule has 7 heteroatoms. The number of carboxylic acid groups (broad SMARTS) is 1. The standard InChI is InChI=1S/C21H12Cl2N2O3/c22-16-6-3-5-15(18(16)23)20(26)25-17-7-2-1-4-14(17)19(24-25)12-8-10-13(11-9-12)21(27)28/h1-11H,(H,27,28). The lowest BCUT2D eigenvalue weighted by Crippen LogP contribution is -2.14. The first-order chi connectivity index (χ1) is 13.5. The summed E-state index contributed by atoms with van der Waals surface area (Å²) in [5.41, 5.74) is 2.30. The largest absolute Gasteiger partial charge is 0.478 e. The second-order valence-corrected chi connectivity index (χ2v) is 6.85. The molecule has 0 fully saturated rings. The van der Waals surface area contributed by atoms with E-state index in [1.54, 1.807) is 36.4 Å². The van der Waals surface area contributed by atoms with Crippen molar-refractivity contribution in [1.29, 1.82) is 0 Å². The van der Waals surface area contributed by atoms with Crippen LogP contribution in [0, 0.1) is 0 Å². The molecule has 1 N–H and O–H groups in total. The molecule has 0 radical (unpaired) electrons. The van der Waals surface area contributed by atoms with Gasteiger partial charge in [-0.3, -0.25) is 4.79 Å². The molecule has 28 heavy (non-hydrogen) atoms. The lowest BCUT2D eigenvalue weighted by molar-refractivity contribution is 0.0696. The molecule has 0 spiro atoms. The first kappa shape index (κ1) is 18.2. The Bertz CT molecular complexity index is 1230. The molecule has 4 rings (SSSR count). The van der Waals surface area contributed by atoms with Crippen LogP contribution in [0.4, 0.5) is 0 Å². The van der Waals surface area contributed by atoms with Gasteiger partial charge < -0.3 is 5.11 Å². The molecular weight excluding hydrogens is 399 g/mol. The van der Waals surface area contributed by atoms with Crippen LogP contribution in [0.3, 0.4) is 0 Å². The number of carbonyl (C=O) groups is 2. The van der Waals surface area contributed by atoms with Gasteiger partial charge in [0.1, 0.15) is 5.69 Å². The van der Waals surface area contributed by atoms with Crippen molar-refractivity contribution in [1.82, 2.24) is 9.78 Å². The first-order valence-electron chi connectivity index (χ1n) is 8.27. The Labute approximate surface area is 169 Å². The highest BCUT2D eigenvalue weighted by molar-refractivity contribution is 6.44. The Kier molecular flexibility index (Phi) is 4.63. The summed E-state index contributed by atoms with van der Waals surface area (Å²) in [5, 5.41) is 14.8. The lowest BCUT2D eigenvalue weighted by Gasteiger charge is -2.05. The number of nitrogens with zero attached hydrogens (tertiary/aromatic N) is 2. The molecule has 0 aliphatic heterocycles. The van der Waals surface area contributed by atoms with Crippen molar-refractivity contribution >= 4 is 46.0 Å². The fraction of sp³-hybridized carbons (Fsp3) is 0. The fourth-order valence-electron chi connectivity index (χ4n) is 2.99. The van der Waals surface area contributed by atoms with Gasteiger partial charge in [-0.1, -0.05) is 59.6 Å². The van der Waals surface area contributed by atoms with Crippen LogP contribution in [-0.4, -0.2) is 26.8 Å². The molecule has 4 aromatic rings. The number of aromatic carboxylic acids is 1. The molecule has 1 heterocycles. The predicted octanol–water partition coefficient (Wildman–Crippen LogP) is 5.40. The van der Waals surface area contributed by atoms with Gasteiger partial charge in [0.15, 0.2) is 0 Å². The Morgan fingerprint density at radius 2 is 1.61 bits per heavy atom. The maximum Gasteiger partial charge on any atom is 0.335 e. The van der Waals surface area contributed by atoms with E-state index in [1.807, 2.05) is 18.2 Å². The zero-order chi connectivity index (χ0) is 19.8. The second kappa shape index (κ2) is 7.11. The average Bonchev–Trinajstić information content (AvgIpc) is 3.09. The number of aromatic nitrogens is 2. The van der Waals surface area contributed by atoms with Gasteiger partial charge >= 0.3 is 5.97 Å². The van der Waals surface area contributed by atoms with Crippen molar-refractivity contribution in [2.45, 2.75) is 0 Å². The molecule has 1 aromatic heterocycles. The van der Waals surface area contributed by atoms with E-state index in [-0.39, 0.29) is 21.2 Å². The van der Waals surface area contributed by atoms with Gasteiger partial charge in [-0.2, -0.15) is 9.78 Å². The lowest BCUT2D eigenvalue weighted by atomic mass is 10.1. The van der Waals surface area contributed by atoms with Gasteiger partial charge in [-0.05, 0) is 30.3 Å². The monoisotopic (exact) mass is 410 g/mol. The van der Waals surface area contributed by atoms with Crippen LogP contribution in [0.5, 0.6) is 0 Å². The van der Waals surface area contributed by atoms with Crippen LogP contribution < -0.4 is 0 Å². The quantitative estimate of drug-likeness (QED) is 0.490. The third-order valence-corrected chi connectivity index (χ3v) is 5.19. The van der Waals surface area contributed by atoms with Crippen molar-refractivity contribution in [3.63, 3.8) is 0 Å². The molecule has 0 saturated heterocycles. The predicted molar refractivity (Wildman–Crippen MR) is 108 cm³/mol. The summed E-state index contributed by atoms with van der Waals surface area (Å²) in [6.45, 7) is 0. The fourth-order valence-corrected chi connectivity index (χ4v) is 3.37. The van der Waals surface area contributed by atoms with Gasteiger partial charge in [-0.25, -0.2) is 4.79 Å². The highest BCUT2D eigenvalue weighted by Crippen LogP contribution is 2.31. The SMILES string of the molecule is O=C(O)c1ccc(-c2nn(C(=O)c3cccc(Cl)c3Cl)c3ccccc23)cc1. The molecule has 5 nitrogen and oxygen atoms in total. The highest BCUT2D eigenvalue weighted by Gasteiger charge is 2.20. The Morgan fingerprint density at radius 3 is 2.32 bits per heavy atom. The number of para-hydroxylation sites is 1. The molecule has 0 unspecified atom stereocenters. The minimum atomic E-state index is -1.01. The normalized spacial score (nSPS) is 10.9. The molecule has 0 aliphatic rings. The van der Waals surface area contributed by atoms with Crippen molar-refractivity contribution < 1.29 is 14.7 Å². The van der Waals surface area contributed by atoms with Gasteiger partial charge in [0.2, 0.25) is 0 Å². The summed E-state index contributed by atoms with van der Waals surface area (Å²) in [6, 6.07) is 18.5. The number of rotatable bonds is 3. The van der Waals surface area contributed by atoms with Crippen LogP contribution in [0.1, 0.15) is 20.7 Å². The van der Waals surface area contributed by atoms with E-state index < -0.39 is 11.9 Å². The van der Waals surface area contributed by atoms with Gasteiger partial charge in [0, 0.05) is 10.9 Å². The Hall–Kier alpha value is -3.15. The summed E-state index contributed by atoms with van der Waals surface area (Å²) in [7, 11) is 0. The number of hydrogen-bond acceptors (Lipinski definition) is 3. The van der Waals surface area contributed by atoms with E-state index in [1.165, 1.54) is 16.8 Å². The molecular formula is C21H12Cl2N2O3. The number of carboxylic acids is 1. The van der Waals surface area contributed by atoms with Crippen molar-refractivity contribution in [2.75, 3.05) is 0 Å². The van der Waals surface area contributed by atoms with Crippen molar-refractivity contribution in [3.05, 3.63) is 87.9 Å². The molecule has 0 saturated carbocycles. The minimum absolute atomic E-state index is 0.168. The van der Waals surface area contributed by atoms with E-state index in [9.17, 15) is 9.59 Å². The Morgan fingerprint density at radius 1 is 0.893 bits per heavy atom. The van der Waals surface area contributed by atoms with Crippen molar-refractivity contribution in [2.24, 2.45) is 0 Å². The number of halogens is 2. The summed E-state index contributed by atoms with van der Waals surface area (Å²) in [6.07, 6.45) is 0. The molecule has 138 valence electrons. The smallest absolute Gasteiger partial charge is 0.335 e. The molecule has 0 aliphatic carbocycles. The second-order valence-electron chi connectivity index (χ2n) is 6.07. The summed E-state index contributed by atoms with van der Waals surface area (Å²) in [4.78, 5) is 24.2. The number of carbonyl (C=O) groups excluding carboxylic acids is 1. The molecule has 0 atom stereocenters. The van der Waals surface area contributed by atoms with Crippen LogP contribution >= 0.6 is 23.2 Å². The third kappa shape index (κ3) is 3.05. The van der Waals surface area contributed by atoms with Gasteiger partial charge in [0.05, 0.1) is 26.7 Å². The van der Waals surface area contributed by atoms with Crippen LogP contribution in [0.2, 0.25) is 10.0 Å². The maximum atomic E-state index is 13.1. The molecule has 0 amide bonds. The van der Waals surface area contributed by atoms with Crippen LogP contribution in [-0.2, 0) is 0 Å². The average molecular weight is 411 g/mol. The number of hydrogen-bond donors (Lipinski definition) is 1. The topological polar surface area (TPSA) is 72.2 Å².